The summed E-state index contributed by atoms with van der Waals surface area (Å²) in [7, 11) is 0. The van der Waals surface area contributed by atoms with E-state index in [0.29, 0.717) is 16.5 Å². The van der Waals surface area contributed by atoms with Crippen LogP contribution in [0.25, 0.3) is 22.3 Å². The van der Waals surface area contributed by atoms with Gasteiger partial charge in [0, 0.05) is 5.56 Å². The molecular weight excluding hydrogens is 270 g/mol. The van der Waals surface area contributed by atoms with Gasteiger partial charge in [-0.1, -0.05) is 42.5 Å². The molecule has 3 aromatic rings. The average molecular weight is 281 g/mol. The zero-order valence-electron chi connectivity index (χ0n) is 10.9. The lowest BCUT2D eigenvalue weighted by molar-refractivity contribution is 0.210. The van der Waals surface area contributed by atoms with Crippen LogP contribution in [0.15, 0.2) is 63.8 Å². The molecule has 104 valence electrons. The summed E-state index contributed by atoms with van der Waals surface area (Å²) in [5.41, 5.74) is 5.64. The summed E-state index contributed by atoms with van der Waals surface area (Å²) in [6, 6.07) is 15.7. The molecule has 0 saturated carbocycles. The van der Waals surface area contributed by atoms with Crippen LogP contribution in [0.5, 0.6) is 5.75 Å². The molecule has 0 spiro atoms. The SMILES string of the molecule is NC(=O)Oc1c(-c2ccccc2)oc2ccccc2c1=O. The number of para-hydroxylation sites is 1. The Morgan fingerprint density at radius 1 is 1.00 bits per heavy atom. The molecule has 0 radical (unpaired) electrons. The molecule has 0 aliphatic heterocycles. The van der Waals surface area contributed by atoms with Crippen molar-refractivity contribution in [3.63, 3.8) is 0 Å². The van der Waals surface area contributed by atoms with E-state index >= 15 is 0 Å². The summed E-state index contributed by atoms with van der Waals surface area (Å²) in [5, 5.41) is 0.327. The number of nitrogens with two attached hydrogens (primary N) is 1. The first kappa shape index (κ1) is 12.9. The third-order valence-corrected chi connectivity index (χ3v) is 2.99. The second-order valence-electron chi connectivity index (χ2n) is 4.37. The van der Waals surface area contributed by atoms with Gasteiger partial charge in [0.25, 0.3) is 0 Å². The van der Waals surface area contributed by atoms with Gasteiger partial charge in [-0.2, -0.15) is 0 Å². The zero-order valence-corrected chi connectivity index (χ0v) is 10.9. The molecule has 0 aliphatic carbocycles. The molecule has 0 fully saturated rings. The number of primary amides is 1. The van der Waals surface area contributed by atoms with Gasteiger partial charge in [0.1, 0.15) is 5.58 Å². The fourth-order valence-electron chi connectivity index (χ4n) is 2.10. The normalized spacial score (nSPS) is 10.5. The lowest BCUT2D eigenvalue weighted by Gasteiger charge is -2.08. The molecule has 2 aromatic carbocycles. The highest BCUT2D eigenvalue weighted by molar-refractivity contribution is 5.83. The van der Waals surface area contributed by atoms with Crippen LogP contribution in [0.1, 0.15) is 0 Å². The standard InChI is InChI=1S/C16H11NO4/c17-16(19)21-15-13(18)11-8-4-5-9-12(11)20-14(15)10-6-2-1-3-7-10/h1-9H,(H2,17,19). The van der Waals surface area contributed by atoms with Crippen LogP contribution in [0.4, 0.5) is 4.79 Å². The van der Waals surface area contributed by atoms with E-state index < -0.39 is 11.5 Å². The highest BCUT2D eigenvalue weighted by Crippen LogP contribution is 2.30. The van der Waals surface area contributed by atoms with Crippen molar-refractivity contribution in [1.29, 1.82) is 0 Å². The maximum atomic E-state index is 12.5. The van der Waals surface area contributed by atoms with Crippen molar-refractivity contribution >= 4 is 17.1 Å². The molecule has 21 heavy (non-hydrogen) atoms. The van der Waals surface area contributed by atoms with Gasteiger partial charge in [0.05, 0.1) is 5.39 Å². The van der Waals surface area contributed by atoms with Crippen molar-refractivity contribution in [3.8, 4) is 17.1 Å². The van der Waals surface area contributed by atoms with Crippen molar-refractivity contribution in [2.45, 2.75) is 0 Å². The Morgan fingerprint density at radius 3 is 2.38 bits per heavy atom. The molecule has 5 heteroatoms. The maximum absolute atomic E-state index is 12.5. The molecule has 0 unspecified atom stereocenters. The van der Waals surface area contributed by atoms with Crippen LogP contribution < -0.4 is 15.9 Å². The zero-order chi connectivity index (χ0) is 14.8. The summed E-state index contributed by atoms with van der Waals surface area (Å²) in [6.45, 7) is 0. The van der Waals surface area contributed by atoms with E-state index in [9.17, 15) is 9.59 Å². The summed E-state index contributed by atoms with van der Waals surface area (Å²) in [4.78, 5) is 23.5. The minimum Gasteiger partial charge on any atom is -0.452 e. The highest BCUT2D eigenvalue weighted by atomic mass is 16.6. The van der Waals surface area contributed by atoms with Crippen molar-refractivity contribution in [1.82, 2.24) is 0 Å². The predicted octanol–water partition coefficient (Wildman–Crippen LogP) is 2.92. The molecule has 0 bridgehead atoms. The number of hydrogen-bond acceptors (Lipinski definition) is 4. The molecule has 1 aromatic heterocycles. The van der Waals surface area contributed by atoms with Crippen LogP contribution >= 0.6 is 0 Å². The molecule has 2 N–H and O–H groups in total. The molecule has 1 heterocycles. The number of amides is 1. The fraction of sp³-hybridized carbons (Fsp3) is 0. The second kappa shape index (κ2) is 5.13. The van der Waals surface area contributed by atoms with Crippen LogP contribution in [0, 0.1) is 0 Å². The number of fused-ring (bicyclic) bond motifs is 1. The minimum atomic E-state index is -1.06. The number of carbonyl (C=O) groups excluding carboxylic acids is 1. The first-order chi connectivity index (χ1) is 10.2. The van der Waals surface area contributed by atoms with Crippen molar-refractivity contribution in [3.05, 3.63) is 64.8 Å². The van der Waals surface area contributed by atoms with Crippen LogP contribution in [-0.4, -0.2) is 6.09 Å². The Hall–Kier alpha value is -3.08. The molecule has 0 atom stereocenters. The van der Waals surface area contributed by atoms with Gasteiger partial charge in [-0.25, -0.2) is 4.79 Å². The number of benzene rings is 2. The molecule has 1 amide bonds. The van der Waals surface area contributed by atoms with E-state index in [-0.39, 0.29) is 11.5 Å². The van der Waals surface area contributed by atoms with E-state index in [1.54, 1.807) is 48.5 Å². The van der Waals surface area contributed by atoms with E-state index in [1.165, 1.54) is 0 Å². The molecular formula is C16H11NO4. The quantitative estimate of drug-likeness (QED) is 0.782. The summed E-state index contributed by atoms with van der Waals surface area (Å²) < 4.78 is 10.6. The fourth-order valence-corrected chi connectivity index (χ4v) is 2.10. The first-order valence-electron chi connectivity index (χ1n) is 6.25. The largest absolute Gasteiger partial charge is 0.452 e. The van der Waals surface area contributed by atoms with Gasteiger partial charge < -0.3 is 14.9 Å². The summed E-state index contributed by atoms with van der Waals surface area (Å²) >= 11 is 0. The number of carbonyl (C=O) groups is 1. The number of ether oxygens (including phenoxy) is 1. The molecule has 0 saturated heterocycles. The van der Waals surface area contributed by atoms with Crippen LogP contribution in [0.2, 0.25) is 0 Å². The Morgan fingerprint density at radius 2 is 1.67 bits per heavy atom. The predicted molar refractivity (Wildman–Crippen MR) is 78.1 cm³/mol. The van der Waals surface area contributed by atoms with Gasteiger partial charge in [0.15, 0.2) is 5.76 Å². The third-order valence-electron chi connectivity index (χ3n) is 2.99. The van der Waals surface area contributed by atoms with E-state index in [1.807, 2.05) is 6.07 Å². The van der Waals surface area contributed by atoms with Gasteiger partial charge >= 0.3 is 6.09 Å². The minimum absolute atomic E-state index is 0.179. The lowest BCUT2D eigenvalue weighted by atomic mass is 10.1. The van der Waals surface area contributed by atoms with Crippen molar-refractivity contribution in [2.24, 2.45) is 5.73 Å². The van der Waals surface area contributed by atoms with E-state index in [0.717, 1.165) is 0 Å². The lowest BCUT2D eigenvalue weighted by Crippen LogP contribution is -2.21. The van der Waals surface area contributed by atoms with E-state index in [4.69, 9.17) is 14.9 Å². The molecule has 5 nitrogen and oxygen atoms in total. The number of rotatable bonds is 2. The molecule has 3 rings (SSSR count). The van der Waals surface area contributed by atoms with Crippen LogP contribution in [-0.2, 0) is 0 Å². The van der Waals surface area contributed by atoms with Crippen molar-refractivity contribution in [2.75, 3.05) is 0 Å². The van der Waals surface area contributed by atoms with Gasteiger partial charge in [-0.3, -0.25) is 4.79 Å². The first-order valence-corrected chi connectivity index (χ1v) is 6.25. The molecule has 0 aliphatic rings. The van der Waals surface area contributed by atoms with Crippen molar-refractivity contribution < 1.29 is 13.9 Å². The van der Waals surface area contributed by atoms with E-state index in [2.05, 4.69) is 0 Å². The highest BCUT2D eigenvalue weighted by Gasteiger charge is 2.18. The number of hydrogen-bond donors (Lipinski definition) is 1. The van der Waals surface area contributed by atoms with Crippen LogP contribution in [0.3, 0.4) is 0 Å². The van der Waals surface area contributed by atoms with Gasteiger partial charge in [-0.05, 0) is 12.1 Å². The average Bonchev–Trinajstić information content (AvgIpc) is 2.50. The second-order valence-corrected chi connectivity index (χ2v) is 4.37. The summed E-state index contributed by atoms with van der Waals surface area (Å²) in [5.74, 6) is -0.0227. The smallest absolute Gasteiger partial charge is 0.410 e. The monoisotopic (exact) mass is 281 g/mol. The Labute approximate surface area is 119 Å². The Bertz CT molecular complexity index is 868. The third kappa shape index (κ3) is 2.36. The topological polar surface area (TPSA) is 82.5 Å². The van der Waals surface area contributed by atoms with Gasteiger partial charge in [0.2, 0.25) is 11.2 Å². The summed E-state index contributed by atoms with van der Waals surface area (Å²) in [6.07, 6.45) is -1.06. The van der Waals surface area contributed by atoms with Gasteiger partial charge in [-0.15, -0.1) is 0 Å². The maximum Gasteiger partial charge on any atom is 0.410 e. The Kier molecular flexibility index (Phi) is 3.16. The Balaban J connectivity index is 2.36.